The van der Waals surface area contributed by atoms with E-state index in [1.807, 2.05) is 12.2 Å². The maximum Gasteiger partial charge on any atom is 0.00919 e. The van der Waals surface area contributed by atoms with Crippen molar-refractivity contribution < 1.29 is 0 Å². The Bertz CT molecular complexity index is 423. The minimum atomic E-state index is 0.514. The number of rotatable bonds is 3. The molecule has 0 aromatic heterocycles. The van der Waals surface area contributed by atoms with Crippen LogP contribution in [0.15, 0.2) is 61.2 Å². The largest absolute Gasteiger partial charge is 0.0991 e. The number of hydrogen-bond acceptors (Lipinski definition) is 0. The van der Waals surface area contributed by atoms with Gasteiger partial charge >= 0.3 is 0 Å². The van der Waals surface area contributed by atoms with Crippen LogP contribution in [0, 0.1) is 0 Å². The number of aryl methyl sites for hydroxylation is 1. The summed E-state index contributed by atoms with van der Waals surface area (Å²) >= 11 is 0. The highest BCUT2D eigenvalue weighted by atomic mass is 14.2. The van der Waals surface area contributed by atoms with E-state index in [9.17, 15) is 0 Å². The highest BCUT2D eigenvalue weighted by Gasteiger charge is 2.21. The Morgan fingerprint density at radius 3 is 2.81 bits per heavy atom. The van der Waals surface area contributed by atoms with Crippen LogP contribution in [0.25, 0.3) is 0 Å². The lowest BCUT2D eigenvalue weighted by Gasteiger charge is -2.26. The first-order valence-electron chi connectivity index (χ1n) is 5.89. The Balaban J connectivity index is 2.41. The first-order valence-corrected chi connectivity index (χ1v) is 5.89. The summed E-state index contributed by atoms with van der Waals surface area (Å²) in [6.07, 6.45) is 9.61. The molecule has 1 atom stereocenters. The smallest absolute Gasteiger partial charge is 0.00919 e. The molecule has 1 aliphatic carbocycles. The molecule has 16 heavy (non-hydrogen) atoms. The molecule has 1 aromatic carbocycles. The van der Waals surface area contributed by atoms with Gasteiger partial charge in [0.2, 0.25) is 0 Å². The van der Waals surface area contributed by atoms with Crippen molar-refractivity contribution >= 4 is 0 Å². The molecular weight excluding hydrogens is 192 g/mol. The van der Waals surface area contributed by atoms with Gasteiger partial charge in [-0.1, -0.05) is 55.7 Å². The second-order valence-corrected chi connectivity index (χ2v) is 4.25. The average Bonchev–Trinajstić information content (AvgIpc) is 2.35. The molecule has 0 heterocycles. The molecule has 1 aromatic rings. The zero-order chi connectivity index (χ0) is 11.4. The second-order valence-electron chi connectivity index (χ2n) is 4.25. The fourth-order valence-corrected chi connectivity index (χ4v) is 2.56. The minimum absolute atomic E-state index is 0.514. The Labute approximate surface area is 98.0 Å². The monoisotopic (exact) mass is 210 g/mol. The van der Waals surface area contributed by atoms with Gasteiger partial charge in [-0.25, -0.2) is 0 Å². The SMILES string of the molecule is C=C/C=C(\C=C)[C@@H]1CCCc2ccccc21. The molecule has 0 heteroatoms. The van der Waals surface area contributed by atoms with Crippen LogP contribution in [0.4, 0.5) is 0 Å². The molecule has 0 bridgehead atoms. The van der Waals surface area contributed by atoms with Gasteiger partial charge in [0, 0.05) is 5.92 Å². The van der Waals surface area contributed by atoms with Gasteiger partial charge in [0.05, 0.1) is 0 Å². The van der Waals surface area contributed by atoms with Crippen LogP contribution in [-0.2, 0) is 6.42 Å². The van der Waals surface area contributed by atoms with Crippen LogP contribution in [0.5, 0.6) is 0 Å². The third kappa shape index (κ3) is 2.01. The van der Waals surface area contributed by atoms with Crippen molar-refractivity contribution in [2.75, 3.05) is 0 Å². The molecular formula is C16H18. The van der Waals surface area contributed by atoms with E-state index in [2.05, 4.69) is 43.5 Å². The maximum absolute atomic E-state index is 3.91. The molecule has 0 N–H and O–H groups in total. The van der Waals surface area contributed by atoms with E-state index < -0.39 is 0 Å². The molecule has 0 saturated carbocycles. The van der Waals surface area contributed by atoms with Gasteiger partial charge in [0.25, 0.3) is 0 Å². The fourth-order valence-electron chi connectivity index (χ4n) is 2.56. The van der Waals surface area contributed by atoms with E-state index in [0.29, 0.717) is 5.92 Å². The van der Waals surface area contributed by atoms with E-state index in [-0.39, 0.29) is 0 Å². The van der Waals surface area contributed by atoms with E-state index in [1.54, 1.807) is 0 Å². The summed E-state index contributed by atoms with van der Waals surface area (Å²) in [4.78, 5) is 0. The number of allylic oxidation sites excluding steroid dienone is 4. The minimum Gasteiger partial charge on any atom is -0.0991 e. The van der Waals surface area contributed by atoms with Gasteiger partial charge in [0.15, 0.2) is 0 Å². The van der Waals surface area contributed by atoms with Crippen LogP contribution in [0.2, 0.25) is 0 Å². The van der Waals surface area contributed by atoms with Crippen molar-refractivity contribution in [2.45, 2.75) is 25.2 Å². The average molecular weight is 210 g/mol. The highest BCUT2D eigenvalue weighted by Crippen LogP contribution is 2.36. The fraction of sp³-hybridized carbons (Fsp3) is 0.250. The van der Waals surface area contributed by atoms with Gasteiger partial charge in [-0.3, -0.25) is 0 Å². The molecule has 0 unspecified atom stereocenters. The predicted molar refractivity (Wildman–Crippen MR) is 70.6 cm³/mol. The van der Waals surface area contributed by atoms with E-state index in [0.717, 1.165) is 0 Å². The first-order chi connectivity index (χ1) is 7.86. The Kier molecular flexibility index (Phi) is 3.40. The van der Waals surface area contributed by atoms with E-state index >= 15 is 0 Å². The van der Waals surface area contributed by atoms with Crippen molar-refractivity contribution in [3.05, 3.63) is 72.4 Å². The predicted octanol–water partition coefficient (Wildman–Crippen LogP) is 4.40. The quantitative estimate of drug-likeness (QED) is 0.648. The number of fused-ring (bicyclic) bond motifs is 1. The summed E-state index contributed by atoms with van der Waals surface area (Å²) in [5.41, 5.74) is 4.26. The first kappa shape index (κ1) is 10.9. The highest BCUT2D eigenvalue weighted by molar-refractivity contribution is 5.42. The molecule has 2 rings (SSSR count). The lowest BCUT2D eigenvalue weighted by atomic mass is 9.78. The molecule has 0 saturated heterocycles. The van der Waals surface area contributed by atoms with Gasteiger partial charge in [-0.15, -0.1) is 0 Å². The Morgan fingerprint density at radius 2 is 2.06 bits per heavy atom. The Hall–Kier alpha value is -1.56. The molecule has 0 radical (unpaired) electrons. The molecule has 0 aliphatic heterocycles. The van der Waals surface area contributed by atoms with Crippen molar-refractivity contribution in [3.8, 4) is 0 Å². The Morgan fingerprint density at radius 1 is 1.25 bits per heavy atom. The van der Waals surface area contributed by atoms with Crippen LogP contribution >= 0.6 is 0 Å². The van der Waals surface area contributed by atoms with Crippen LogP contribution in [-0.4, -0.2) is 0 Å². The summed E-state index contributed by atoms with van der Waals surface area (Å²) in [6.45, 7) is 7.69. The molecule has 0 amide bonds. The molecule has 82 valence electrons. The normalized spacial score (nSPS) is 20.0. The topological polar surface area (TPSA) is 0 Å². The lowest BCUT2D eigenvalue weighted by Crippen LogP contribution is -2.10. The zero-order valence-corrected chi connectivity index (χ0v) is 9.65. The van der Waals surface area contributed by atoms with Crippen molar-refractivity contribution in [2.24, 2.45) is 0 Å². The third-order valence-corrected chi connectivity index (χ3v) is 3.32. The van der Waals surface area contributed by atoms with Gasteiger partial charge in [-0.2, -0.15) is 0 Å². The van der Waals surface area contributed by atoms with E-state index in [1.165, 1.54) is 36.0 Å². The summed E-state index contributed by atoms with van der Waals surface area (Å²) < 4.78 is 0. The maximum atomic E-state index is 3.91. The molecule has 1 aliphatic rings. The zero-order valence-electron chi connectivity index (χ0n) is 9.65. The summed E-state index contributed by atoms with van der Waals surface area (Å²) in [5, 5.41) is 0. The van der Waals surface area contributed by atoms with Gasteiger partial charge < -0.3 is 0 Å². The van der Waals surface area contributed by atoms with Gasteiger partial charge in [0.1, 0.15) is 0 Å². The molecule has 0 fully saturated rings. The summed E-state index contributed by atoms with van der Waals surface area (Å²) in [5.74, 6) is 0.514. The van der Waals surface area contributed by atoms with Crippen molar-refractivity contribution in [1.29, 1.82) is 0 Å². The third-order valence-electron chi connectivity index (χ3n) is 3.32. The molecule has 0 spiro atoms. The molecule has 0 nitrogen and oxygen atoms in total. The van der Waals surface area contributed by atoms with Crippen LogP contribution in [0.3, 0.4) is 0 Å². The number of hydrogen-bond donors (Lipinski definition) is 0. The number of benzene rings is 1. The van der Waals surface area contributed by atoms with Crippen molar-refractivity contribution in [3.63, 3.8) is 0 Å². The van der Waals surface area contributed by atoms with E-state index in [4.69, 9.17) is 0 Å². The van der Waals surface area contributed by atoms with Crippen LogP contribution < -0.4 is 0 Å². The summed E-state index contributed by atoms with van der Waals surface area (Å²) in [6, 6.07) is 8.76. The summed E-state index contributed by atoms with van der Waals surface area (Å²) in [7, 11) is 0. The van der Waals surface area contributed by atoms with Gasteiger partial charge in [-0.05, 0) is 36.0 Å². The lowest BCUT2D eigenvalue weighted by molar-refractivity contribution is 0.615. The van der Waals surface area contributed by atoms with Crippen LogP contribution in [0.1, 0.15) is 29.9 Å². The second kappa shape index (κ2) is 4.98. The standard InChI is InChI=1S/C16H18/c1-3-8-13(4-2)15-12-7-10-14-9-5-6-11-16(14)15/h3-6,8-9,11,15H,1-2,7,10,12H2/b13-8+/t15-/m0/s1. The van der Waals surface area contributed by atoms with Crippen molar-refractivity contribution in [1.82, 2.24) is 0 Å².